The Morgan fingerprint density at radius 1 is 0.800 bits per heavy atom. The highest BCUT2D eigenvalue weighted by atomic mass is 31.1. The summed E-state index contributed by atoms with van der Waals surface area (Å²) in [6.07, 6.45) is 14.4. The van der Waals surface area contributed by atoms with E-state index < -0.39 is 0 Å². The van der Waals surface area contributed by atoms with Crippen LogP contribution in [-0.4, -0.2) is 23.6 Å². The minimum absolute atomic E-state index is 0.154. The van der Waals surface area contributed by atoms with Crippen molar-refractivity contribution in [1.82, 2.24) is 0 Å². The van der Waals surface area contributed by atoms with E-state index in [0.29, 0.717) is 5.16 Å². The molecule has 1 nitrogen and oxygen atoms in total. The first-order valence-electron chi connectivity index (χ1n) is 8.52. The van der Waals surface area contributed by atoms with E-state index in [9.17, 15) is 0 Å². The molecule has 1 atom stereocenters. The van der Waals surface area contributed by atoms with Gasteiger partial charge in [-0.05, 0) is 51.6 Å². The predicted molar refractivity (Wildman–Crippen MR) is 98.1 cm³/mol. The molecule has 0 radical (unpaired) electrons. The van der Waals surface area contributed by atoms with Gasteiger partial charge in [-0.3, -0.25) is 4.99 Å². The van der Waals surface area contributed by atoms with Gasteiger partial charge in [0.05, 0.1) is 5.54 Å². The largest absolute Gasteiger partial charge is 0.292 e. The van der Waals surface area contributed by atoms with Gasteiger partial charge in [-0.15, -0.1) is 8.58 Å². The third kappa shape index (κ3) is 11.9. The fraction of sp³-hybridized carbons (Fsp3) is 0.944. The van der Waals surface area contributed by atoms with Crippen LogP contribution in [0.5, 0.6) is 0 Å². The van der Waals surface area contributed by atoms with Gasteiger partial charge >= 0.3 is 0 Å². The van der Waals surface area contributed by atoms with Crippen LogP contribution in [0.25, 0.3) is 0 Å². The highest BCUT2D eigenvalue weighted by Crippen LogP contribution is 2.32. The summed E-state index contributed by atoms with van der Waals surface area (Å²) in [6, 6.07) is 0. The van der Waals surface area contributed by atoms with Gasteiger partial charge < -0.3 is 0 Å². The van der Waals surface area contributed by atoms with Crippen LogP contribution in [-0.2, 0) is 0 Å². The Bertz CT molecular complexity index is 256. The van der Waals surface area contributed by atoms with E-state index in [1.54, 1.807) is 0 Å². The first-order valence-corrected chi connectivity index (χ1v) is 10.0. The summed E-state index contributed by atoms with van der Waals surface area (Å²) < 4.78 is 0. The van der Waals surface area contributed by atoms with Crippen LogP contribution in [0.4, 0.5) is 0 Å². The summed E-state index contributed by atoms with van der Waals surface area (Å²) in [4.78, 5) is 4.52. The van der Waals surface area contributed by atoms with Gasteiger partial charge in [0.25, 0.3) is 0 Å². The van der Waals surface area contributed by atoms with Crippen molar-refractivity contribution >= 4 is 14.8 Å². The molecule has 0 aliphatic carbocycles. The molecule has 0 aromatic carbocycles. The van der Waals surface area contributed by atoms with E-state index in [2.05, 4.69) is 39.4 Å². The number of hydrogen-bond donors (Lipinski definition) is 0. The second-order valence-electron chi connectivity index (χ2n) is 7.31. The molecule has 0 saturated carbocycles. The molecule has 0 heterocycles. The zero-order valence-corrected chi connectivity index (χ0v) is 15.9. The molecule has 0 aliphatic heterocycles. The van der Waals surface area contributed by atoms with Crippen LogP contribution in [0.1, 0.15) is 92.4 Å². The van der Waals surface area contributed by atoms with Gasteiger partial charge in [0.1, 0.15) is 0 Å². The fourth-order valence-electron chi connectivity index (χ4n) is 2.55. The molecule has 0 aromatic rings. The van der Waals surface area contributed by atoms with Crippen molar-refractivity contribution in [3.05, 3.63) is 0 Å². The molecule has 120 valence electrons. The highest BCUT2D eigenvalue weighted by Gasteiger charge is 2.14. The Labute approximate surface area is 130 Å². The number of hydrogen-bond acceptors (Lipinski definition) is 1. The number of nitrogens with zero attached hydrogens (tertiary/aromatic N) is 1. The smallest absolute Gasteiger partial charge is 0.0548 e. The first kappa shape index (κ1) is 20.1. The van der Waals surface area contributed by atoms with Crippen molar-refractivity contribution < 1.29 is 0 Å². The summed E-state index contributed by atoms with van der Waals surface area (Å²) in [5, 5.41) is 0.589. The van der Waals surface area contributed by atoms with Gasteiger partial charge in [-0.25, -0.2) is 0 Å². The van der Waals surface area contributed by atoms with Crippen molar-refractivity contribution in [3.63, 3.8) is 0 Å². The average Bonchev–Trinajstić information content (AvgIpc) is 2.36. The second kappa shape index (κ2) is 10.8. The molecule has 0 spiro atoms. The SMILES string of the molecule is C/C=N\C(C)(C)CCCCCCCCCC(C)(C)PC. The maximum atomic E-state index is 4.52. The molecule has 20 heavy (non-hydrogen) atoms. The summed E-state index contributed by atoms with van der Waals surface area (Å²) in [5.74, 6) is 0. The zero-order chi connectivity index (χ0) is 15.5. The first-order chi connectivity index (χ1) is 9.33. The van der Waals surface area contributed by atoms with Crippen molar-refractivity contribution in [3.8, 4) is 0 Å². The average molecular weight is 299 g/mol. The zero-order valence-electron chi connectivity index (χ0n) is 14.9. The fourth-order valence-corrected chi connectivity index (χ4v) is 2.97. The molecule has 0 fully saturated rings. The molecular weight excluding hydrogens is 261 g/mol. The van der Waals surface area contributed by atoms with Crippen molar-refractivity contribution in [1.29, 1.82) is 0 Å². The maximum absolute atomic E-state index is 4.52. The van der Waals surface area contributed by atoms with E-state index in [-0.39, 0.29) is 5.54 Å². The summed E-state index contributed by atoms with van der Waals surface area (Å²) in [6.45, 7) is 13.6. The Hall–Kier alpha value is 0.100. The Balaban J connectivity index is 3.38. The Morgan fingerprint density at radius 2 is 1.25 bits per heavy atom. The molecule has 2 heteroatoms. The number of aliphatic imine (C=N–C) groups is 1. The molecule has 0 aromatic heterocycles. The monoisotopic (exact) mass is 299 g/mol. The van der Waals surface area contributed by atoms with Crippen molar-refractivity contribution in [2.24, 2.45) is 4.99 Å². The second-order valence-corrected chi connectivity index (χ2v) is 9.16. The lowest BCUT2D eigenvalue weighted by Gasteiger charge is -2.22. The van der Waals surface area contributed by atoms with Crippen LogP contribution in [0, 0.1) is 0 Å². The van der Waals surface area contributed by atoms with E-state index in [4.69, 9.17) is 0 Å². The van der Waals surface area contributed by atoms with Crippen LogP contribution in [0.15, 0.2) is 4.99 Å². The third-order valence-electron chi connectivity index (χ3n) is 4.25. The van der Waals surface area contributed by atoms with Gasteiger partial charge in [-0.2, -0.15) is 0 Å². The van der Waals surface area contributed by atoms with Crippen LogP contribution >= 0.6 is 8.58 Å². The predicted octanol–water partition coefficient (Wildman–Crippen LogP) is 6.45. The van der Waals surface area contributed by atoms with E-state index >= 15 is 0 Å². The molecule has 0 N–H and O–H groups in total. The van der Waals surface area contributed by atoms with Gasteiger partial charge in [0.15, 0.2) is 0 Å². The highest BCUT2D eigenvalue weighted by molar-refractivity contribution is 7.38. The van der Waals surface area contributed by atoms with E-state index in [1.165, 1.54) is 57.8 Å². The standard InChI is InChI=1S/C18H38NP/c1-7-19-17(2,3)15-13-11-9-8-10-12-14-16-18(4,5)20-6/h7,20H,8-16H2,1-6H3/b19-7-. The summed E-state index contributed by atoms with van der Waals surface area (Å²) in [5.41, 5.74) is 0.154. The van der Waals surface area contributed by atoms with Crippen LogP contribution < -0.4 is 0 Å². The quantitative estimate of drug-likeness (QED) is 0.223. The van der Waals surface area contributed by atoms with E-state index in [0.717, 1.165) is 8.58 Å². The summed E-state index contributed by atoms with van der Waals surface area (Å²) >= 11 is 0. The number of unbranched alkanes of at least 4 members (excludes halogenated alkanes) is 6. The molecule has 0 rings (SSSR count). The lowest BCUT2D eigenvalue weighted by Crippen LogP contribution is -2.16. The van der Waals surface area contributed by atoms with Gasteiger partial charge in [0.2, 0.25) is 0 Å². The topological polar surface area (TPSA) is 12.4 Å². The maximum Gasteiger partial charge on any atom is 0.0548 e. The van der Waals surface area contributed by atoms with Gasteiger partial charge in [-0.1, -0.05) is 58.8 Å². The van der Waals surface area contributed by atoms with E-state index in [1.807, 2.05) is 13.1 Å². The van der Waals surface area contributed by atoms with Crippen LogP contribution in [0.3, 0.4) is 0 Å². The molecule has 0 bridgehead atoms. The minimum atomic E-state index is 0.154. The number of rotatable bonds is 12. The minimum Gasteiger partial charge on any atom is -0.292 e. The Morgan fingerprint density at radius 3 is 1.70 bits per heavy atom. The molecule has 0 saturated heterocycles. The third-order valence-corrected chi connectivity index (χ3v) is 5.85. The van der Waals surface area contributed by atoms with Gasteiger partial charge in [0, 0.05) is 0 Å². The molecule has 1 unspecified atom stereocenters. The molecule has 0 aliphatic rings. The summed E-state index contributed by atoms with van der Waals surface area (Å²) in [7, 11) is 1.08. The Kier molecular flexibility index (Phi) is 10.8. The van der Waals surface area contributed by atoms with Crippen molar-refractivity contribution in [2.75, 3.05) is 6.66 Å². The molecule has 0 amide bonds. The lowest BCUT2D eigenvalue weighted by atomic mass is 9.96. The van der Waals surface area contributed by atoms with Crippen molar-refractivity contribution in [2.45, 2.75) is 103 Å². The lowest BCUT2D eigenvalue weighted by molar-refractivity contribution is 0.443. The molecular formula is C18H38NP. The normalized spacial score (nSPS) is 13.9. The van der Waals surface area contributed by atoms with Crippen LogP contribution in [0.2, 0.25) is 0 Å².